The Labute approximate surface area is 109 Å². The van der Waals surface area contributed by atoms with E-state index in [-0.39, 0.29) is 0 Å². The summed E-state index contributed by atoms with van der Waals surface area (Å²) < 4.78 is 5.44. The van der Waals surface area contributed by atoms with Crippen molar-refractivity contribution in [3.05, 3.63) is 18.1 Å². The first-order chi connectivity index (χ1) is 8.74. The zero-order valence-corrected chi connectivity index (χ0v) is 11.4. The topological polar surface area (TPSA) is 50.3 Å². The van der Waals surface area contributed by atoms with Crippen LogP contribution in [-0.2, 0) is 11.3 Å². The summed E-state index contributed by atoms with van der Waals surface area (Å²) in [6.45, 7) is 3.96. The van der Waals surface area contributed by atoms with Crippen LogP contribution in [0.1, 0.15) is 25.5 Å². The second-order valence-electron chi connectivity index (χ2n) is 4.82. The predicted octanol–water partition coefficient (Wildman–Crippen LogP) is 1.20. The van der Waals surface area contributed by atoms with Gasteiger partial charge >= 0.3 is 0 Å². The van der Waals surface area contributed by atoms with Crippen molar-refractivity contribution >= 4 is 5.82 Å². The van der Waals surface area contributed by atoms with Gasteiger partial charge in [-0.15, -0.1) is 0 Å². The van der Waals surface area contributed by atoms with Crippen LogP contribution in [0.3, 0.4) is 0 Å². The molecular formula is C13H22N4O. The molecule has 0 saturated carbocycles. The van der Waals surface area contributed by atoms with Crippen molar-refractivity contribution in [2.45, 2.75) is 38.5 Å². The molecule has 5 nitrogen and oxygen atoms in total. The van der Waals surface area contributed by atoms with Gasteiger partial charge in [-0.05, 0) is 26.8 Å². The number of nitrogens with zero attached hydrogens (tertiary/aromatic N) is 3. The van der Waals surface area contributed by atoms with Crippen LogP contribution in [-0.4, -0.2) is 42.8 Å². The maximum Gasteiger partial charge on any atom is 0.147 e. The first-order valence-electron chi connectivity index (χ1n) is 6.49. The largest absolute Gasteiger partial charge is 0.381 e. The summed E-state index contributed by atoms with van der Waals surface area (Å²) in [6, 6.07) is 0.447. The maximum absolute atomic E-state index is 5.44. The van der Waals surface area contributed by atoms with Gasteiger partial charge in [0.15, 0.2) is 0 Å². The lowest BCUT2D eigenvalue weighted by Gasteiger charge is -2.37. The van der Waals surface area contributed by atoms with Crippen molar-refractivity contribution in [3.8, 4) is 0 Å². The maximum atomic E-state index is 5.44. The first-order valence-corrected chi connectivity index (χ1v) is 6.49. The fourth-order valence-electron chi connectivity index (χ4n) is 2.48. The average molecular weight is 250 g/mol. The van der Waals surface area contributed by atoms with E-state index >= 15 is 0 Å². The molecule has 0 bridgehead atoms. The van der Waals surface area contributed by atoms with Gasteiger partial charge in [0, 0.05) is 32.4 Å². The number of nitrogens with one attached hydrogen (secondary N) is 1. The molecule has 0 aliphatic carbocycles. The van der Waals surface area contributed by atoms with E-state index in [0.717, 1.165) is 37.4 Å². The van der Waals surface area contributed by atoms with Crippen molar-refractivity contribution < 1.29 is 4.74 Å². The van der Waals surface area contributed by atoms with Crippen LogP contribution in [0.2, 0.25) is 0 Å². The highest BCUT2D eigenvalue weighted by molar-refractivity contribution is 5.38. The lowest BCUT2D eigenvalue weighted by Crippen LogP contribution is -2.43. The Hall–Kier alpha value is -1.20. The summed E-state index contributed by atoms with van der Waals surface area (Å²) >= 11 is 0. The molecule has 18 heavy (non-hydrogen) atoms. The number of piperidine rings is 1. The minimum atomic E-state index is 0.379. The minimum absolute atomic E-state index is 0.379. The normalized spacial score (nSPS) is 24.3. The van der Waals surface area contributed by atoms with Crippen molar-refractivity contribution in [1.82, 2.24) is 15.3 Å². The molecule has 2 heterocycles. The Morgan fingerprint density at radius 1 is 1.50 bits per heavy atom. The van der Waals surface area contributed by atoms with Gasteiger partial charge in [-0.25, -0.2) is 4.98 Å². The van der Waals surface area contributed by atoms with Crippen LogP contribution in [0, 0.1) is 0 Å². The van der Waals surface area contributed by atoms with E-state index in [1.807, 2.05) is 19.4 Å². The Morgan fingerprint density at radius 2 is 2.33 bits per heavy atom. The van der Waals surface area contributed by atoms with Crippen molar-refractivity contribution in [2.24, 2.45) is 0 Å². The molecular weight excluding hydrogens is 228 g/mol. The van der Waals surface area contributed by atoms with E-state index in [4.69, 9.17) is 4.74 Å². The fourth-order valence-corrected chi connectivity index (χ4v) is 2.48. The molecule has 1 aliphatic heterocycles. The summed E-state index contributed by atoms with van der Waals surface area (Å²) in [6.07, 6.45) is 6.15. The van der Waals surface area contributed by atoms with Crippen molar-refractivity contribution in [1.29, 1.82) is 0 Å². The van der Waals surface area contributed by atoms with Gasteiger partial charge in [0.1, 0.15) is 5.82 Å². The van der Waals surface area contributed by atoms with Gasteiger partial charge in [0.2, 0.25) is 0 Å². The summed E-state index contributed by atoms with van der Waals surface area (Å²) in [5.41, 5.74) is 0.982. The SMILES string of the molecule is CNCc1cncc(N2CCC(OC)CC2C)n1. The second kappa shape index (κ2) is 6.11. The smallest absolute Gasteiger partial charge is 0.147 e. The molecule has 100 valence electrons. The van der Waals surface area contributed by atoms with E-state index < -0.39 is 0 Å². The predicted molar refractivity (Wildman–Crippen MR) is 71.6 cm³/mol. The molecule has 1 N–H and O–H groups in total. The fraction of sp³-hybridized carbons (Fsp3) is 0.692. The number of ether oxygens (including phenoxy) is 1. The third-order valence-corrected chi connectivity index (χ3v) is 3.49. The Kier molecular flexibility index (Phi) is 4.49. The number of anilines is 1. The molecule has 2 unspecified atom stereocenters. The number of hydrogen-bond donors (Lipinski definition) is 1. The highest BCUT2D eigenvalue weighted by atomic mass is 16.5. The molecule has 0 amide bonds. The first kappa shape index (κ1) is 13.2. The quantitative estimate of drug-likeness (QED) is 0.870. The summed E-state index contributed by atoms with van der Waals surface area (Å²) in [5.74, 6) is 0.977. The Bertz CT molecular complexity index is 385. The van der Waals surface area contributed by atoms with Crippen LogP contribution >= 0.6 is 0 Å². The Balaban J connectivity index is 2.09. The summed E-state index contributed by atoms with van der Waals surface area (Å²) in [7, 11) is 3.71. The average Bonchev–Trinajstić information content (AvgIpc) is 2.39. The number of methoxy groups -OCH3 is 1. The van der Waals surface area contributed by atoms with Crippen LogP contribution in [0.25, 0.3) is 0 Å². The molecule has 0 spiro atoms. The molecule has 1 saturated heterocycles. The highest BCUT2D eigenvalue weighted by Gasteiger charge is 2.26. The third-order valence-electron chi connectivity index (χ3n) is 3.49. The monoisotopic (exact) mass is 250 g/mol. The zero-order chi connectivity index (χ0) is 13.0. The number of hydrogen-bond acceptors (Lipinski definition) is 5. The van der Waals surface area contributed by atoms with Gasteiger partial charge in [0.25, 0.3) is 0 Å². The molecule has 0 aromatic carbocycles. The van der Waals surface area contributed by atoms with Gasteiger partial charge in [-0.2, -0.15) is 0 Å². The molecule has 5 heteroatoms. The van der Waals surface area contributed by atoms with E-state index in [1.54, 1.807) is 7.11 Å². The Morgan fingerprint density at radius 3 is 3.00 bits per heavy atom. The molecule has 2 atom stereocenters. The van der Waals surface area contributed by atoms with Gasteiger partial charge < -0.3 is 15.0 Å². The lowest BCUT2D eigenvalue weighted by molar-refractivity contribution is 0.0719. The highest BCUT2D eigenvalue weighted by Crippen LogP contribution is 2.24. The molecule has 0 radical (unpaired) electrons. The van der Waals surface area contributed by atoms with Crippen LogP contribution < -0.4 is 10.2 Å². The van der Waals surface area contributed by atoms with Gasteiger partial charge in [-0.1, -0.05) is 0 Å². The standard InChI is InChI=1S/C13H22N4O/c1-10-6-12(18-3)4-5-17(10)13-9-15-8-11(16-13)7-14-2/h8-10,12,14H,4-7H2,1-3H3. The minimum Gasteiger partial charge on any atom is -0.381 e. The van der Waals surface area contributed by atoms with Crippen LogP contribution in [0.5, 0.6) is 0 Å². The van der Waals surface area contributed by atoms with E-state index in [1.165, 1.54) is 0 Å². The van der Waals surface area contributed by atoms with Crippen LogP contribution in [0.4, 0.5) is 5.82 Å². The molecule has 1 aliphatic rings. The zero-order valence-electron chi connectivity index (χ0n) is 11.4. The lowest BCUT2D eigenvalue weighted by atomic mass is 10.0. The second-order valence-corrected chi connectivity index (χ2v) is 4.82. The summed E-state index contributed by atoms with van der Waals surface area (Å²) in [4.78, 5) is 11.2. The molecule has 2 rings (SSSR count). The van der Waals surface area contributed by atoms with Gasteiger partial charge in [0.05, 0.1) is 18.0 Å². The number of rotatable bonds is 4. The van der Waals surface area contributed by atoms with Crippen LogP contribution in [0.15, 0.2) is 12.4 Å². The molecule has 1 aromatic heterocycles. The molecule has 1 aromatic rings. The molecule has 1 fully saturated rings. The van der Waals surface area contributed by atoms with Crippen molar-refractivity contribution in [2.75, 3.05) is 25.6 Å². The van der Waals surface area contributed by atoms with Gasteiger partial charge in [-0.3, -0.25) is 4.98 Å². The van der Waals surface area contributed by atoms with E-state index in [2.05, 4.69) is 27.1 Å². The third kappa shape index (κ3) is 2.97. The number of aromatic nitrogens is 2. The van der Waals surface area contributed by atoms with E-state index in [0.29, 0.717) is 12.1 Å². The van der Waals surface area contributed by atoms with E-state index in [9.17, 15) is 0 Å². The summed E-state index contributed by atoms with van der Waals surface area (Å²) in [5, 5.41) is 3.10. The van der Waals surface area contributed by atoms with Crippen molar-refractivity contribution in [3.63, 3.8) is 0 Å².